The molecule has 1 heterocycles. The van der Waals surface area contributed by atoms with Gasteiger partial charge in [0.15, 0.2) is 0 Å². The summed E-state index contributed by atoms with van der Waals surface area (Å²) in [6.07, 6.45) is -0.209. The van der Waals surface area contributed by atoms with Crippen molar-refractivity contribution in [1.29, 1.82) is 0 Å². The van der Waals surface area contributed by atoms with E-state index < -0.39 is 54.5 Å². The van der Waals surface area contributed by atoms with E-state index >= 15 is 0 Å². The van der Waals surface area contributed by atoms with E-state index in [1.807, 2.05) is 0 Å². The predicted molar refractivity (Wildman–Crippen MR) is 78.2 cm³/mol. The van der Waals surface area contributed by atoms with E-state index in [0.29, 0.717) is 0 Å². The summed E-state index contributed by atoms with van der Waals surface area (Å²) in [4.78, 5) is 33.5. The van der Waals surface area contributed by atoms with Gasteiger partial charge in [-0.3, -0.25) is 25.0 Å². The lowest BCUT2D eigenvalue weighted by Crippen LogP contribution is -2.28. The number of nitro groups is 2. The molecule has 1 aromatic carbocycles. The van der Waals surface area contributed by atoms with E-state index in [1.165, 1.54) is 0 Å². The Kier molecular flexibility index (Phi) is 4.29. The molecule has 124 valence electrons. The molecule has 0 aliphatic carbocycles. The number of benzene rings is 1. The van der Waals surface area contributed by atoms with Crippen LogP contribution in [0.1, 0.15) is 6.42 Å². The highest BCUT2D eigenvalue weighted by Crippen LogP contribution is 2.40. The summed E-state index contributed by atoms with van der Waals surface area (Å²) in [6, 6.07) is 3.23. The van der Waals surface area contributed by atoms with Crippen LogP contribution in [0, 0.1) is 26.1 Å². The normalized spacial score (nSPS) is 18.2. The lowest BCUT2D eigenvalue weighted by molar-refractivity contribution is -0.392. The van der Waals surface area contributed by atoms with Crippen molar-refractivity contribution in [2.45, 2.75) is 6.42 Å². The summed E-state index contributed by atoms with van der Waals surface area (Å²) in [5, 5.41) is 27.1. The Hall–Kier alpha value is -2.60. The highest BCUT2D eigenvalue weighted by molar-refractivity contribution is 7.89. The fourth-order valence-corrected chi connectivity index (χ4v) is 3.41. The number of para-hydroxylation sites is 1. The smallest absolute Gasteiger partial charge is 0.300 e. The number of hydrogen-bond donors (Lipinski definition) is 1. The molecule has 0 saturated carbocycles. The number of anilines is 1. The van der Waals surface area contributed by atoms with Crippen LogP contribution in [0.2, 0.25) is 0 Å². The molecule has 2 rings (SSSR count). The molecule has 1 amide bonds. The van der Waals surface area contributed by atoms with Crippen molar-refractivity contribution in [3.8, 4) is 0 Å². The Bertz CT molecular complexity index is 759. The minimum Gasteiger partial charge on any atom is -0.300 e. The number of nitro benzene ring substituents is 2. The maximum atomic E-state index is 12.1. The Morgan fingerprint density at radius 1 is 1.22 bits per heavy atom. The van der Waals surface area contributed by atoms with Crippen molar-refractivity contribution >= 4 is 33.0 Å². The molecule has 1 fully saturated rings. The van der Waals surface area contributed by atoms with Gasteiger partial charge in [-0.15, -0.1) is 0 Å². The number of rotatable bonds is 5. The lowest BCUT2D eigenvalue weighted by Gasteiger charge is -2.16. The van der Waals surface area contributed by atoms with Crippen LogP contribution in [0.5, 0.6) is 0 Å². The Balaban J connectivity index is 2.47. The summed E-state index contributed by atoms with van der Waals surface area (Å²) >= 11 is 0. The summed E-state index contributed by atoms with van der Waals surface area (Å²) in [5.41, 5.74) is -1.63. The Morgan fingerprint density at radius 2 is 1.74 bits per heavy atom. The molecule has 1 aliphatic rings. The summed E-state index contributed by atoms with van der Waals surface area (Å²) in [7, 11) is -3.84. The maximum Gasteiger partial charge on any atom is 0.300 e. The van der Waals surface area contributed by atoms with Crippen molar-refractivity contribution in [2.24, 2.45) is 11.1 Å². The number of carbonyl (C=O) groups is 1. The third kappa shape index (κ3) is 3.60. The minimum atomic E-state index is -3.84. The number of amides is 1. The lowest BCUT2D eigenvalue weighted by atomic mass is 10.1. The second-order valence-electron chi connectivity index (χ2n) is 5.06. The molecule has 23 heavy (non-hydrogen) atoms. The van der Waals surface area contributed by atoms with Crippen LogP contribution in [-0.4, -0.2) is 36.5 Å². The molecular formula is C11H12N4O7S. The first-order valence-electron chi connectivity index (χ1n) is 6.33. The van der Waals surface area contributed by atoms with Gasteiger partial charge >= 0.3 is 0 Å². The van der Waals surface area contributed by atoms with Gasteiger partial charge in [0, 0.05) is 31.0 Å². The highest BCUT2D eigenvalue weighted by atomic mass is 32.2. The van der Waals surface area contributed by atoms with Crippen molar-refractivity contribution in [2.75, 3.05) is 17.2 Å². The Morgan fingerprint density at radius 3 is 2.17 bits per heavy atom. The minimum absolute atomic E-state index is 0.193. The van der Waals surface area contributed by atoms with Crippen molar-refractivity contribution in [1.82, 2.24) is 0 Å². The summed E-state index contributed by atoms with van der Waals surface area (Å²) in [5.74, 6) is -1.79. The van der Waals surface area contributed by atoms with Crippen molar-refractivity contribution in [3.05, 3.63) is 38.4 Å². The molecule has 1 aliphatic heterocycles. The number of sulfonamides is 1. The second kappa shape index (κ2) is 5.89. The van der Waals surface area contributed by atoms with Gasteiger partial charge < -0.3 is 4.90 Å². The van der Waals surface area contributed by atoms with Gasteiger partial charge in [0.25, 0.3) is 11.4 Å². The molecule has 0 radical (unpaired) electrons. The van der Waals surface area contributed by atoms with Crippen LogP contribution in [0.15, 0.2) is 18.2 Å². The summed E-state index contributed by atoms with van der Waals surface area (Å²) in [6.45, 7) is -0.193. The predicted octanol–water partition coefficient (Wildman–Crippen LogP) is 0.144. The fraction of sp³-hybridized carbons (Fsp3) is 0.364. The molecule has 0 spiro atoms. The zero-order valence-corrected chi connectivity index (χ0v) is 12.4. The average molecular weight is 344 g/mol. The first-order valence-corrected chi connectivity index (χ1v) is 8.04. The molecule has 2 N–H and O–H groups in total. The molecule has 1 saturated heterocycles. The molecule has 0 aromatic heterocycles. The van der Waals surface area contributed by atoms with Gasteiger partial charge in [0.05, 0.1) is 15.6 Å². The quantitative estimate of drug-likeness (QED) is 0.585. The number of nitrogens with two attached hydrogens (primary N) is 1. The van der Waals surface area contributed by atoms with E-state index in [0.717, 1.165) is 23.1 Å². The van der Waals surface area contributed by atoms with Crippen LogP contribution < -0.4 is 10.0 Å². The van der Waals surface area contributed by atoms with Gasteiger partial charge in [-0.25, -0.2) is 13.6 Å². The maximum absolute atomic E-state index is 12.1. The molecule has 0 bridgehead atoms. The zero-order chi connectivity index (χ0) is 17.4. The third-order valence-electron chi connectivity index (χ3n) is 3.33. The first-order chi connectivity index (χ1) is 10.6. The van der Waals surface area contributed by atoms with E-state index in [2.05, 4.69) is 0 Å². The van der Waals surface area contributed by atoms with Gasteiger partial charge in [0.1, 0.15) is 0 Å². The van der Waals surface area contributed by atoms with Gasteiger partial charge in [-0.1, -0.05) is 0 Å². The topological polar surface area (TPSA) is 167 Å². The molecule has 11 nitrogen and oxygen atoms in total. The number of primary sulfonamides is 1. The first kappa shape index (κ1) is 16.8. The average Bonchev–Trinajstić information content (AvgIpc) is 2.75. The molecule has 1 atom stereocenters. The molecule has 1 unspecified atom stereocenters. The molecule has 1 aromatic rings. The Labute approximate surface area is 130 Å². The summed E-state index contributed by atoms with van der Waals surface area (Å²) < 4.78 is 22.2. The van der Waals surface area contributed by atoms with E-state index in [4.69, 9.17) is 5.14 Å². The largest absolute Gasteiger partial charge is 0.300 e. The number of carbonyl (C=O) groups excluding carboxylic acids is 1. The second-order valence-corrected chi connectivity index (χ2v) is 6.72. The van der Waals surface area contributed by atoms with Crippen LogP contribution >= 0.6 is 0 Å². The van der Waals surface area contributed by atoms with Crippen LogP contribution in [0.25, 0.3) is 0 Å². The van der Waals surface area contributed by atoms with Crippen molar-refractivity contribution < 1.29 is 23.1 Å². The third-order valence-corrected chi connectivity index (χ3v) is 4.27. The van der Waals surface area contributed by atoms with Gasteiger partial charge in [-0.2, -0.15) is 0 Å². The van der Waals surface area contributed by atoms with Crippen LogP contribution in [0.4, 0.5) is 17.1 Å². The van der Waals surface area contributed by atoms with Crippen LogP contribution in [0.3, 0.4) is 0 Å². The highest BCUT2D eigenvalue weighted by Gasteiger charge is 2.39. The van der Waals surface area contributed by atoms with Crippen molar-refractivity contribution in [3.63, 3.8) is 0 Å². The van der Waals surface area contributed by atoms with Gasteiger partial charge in [0.2, 0.25) is 21.6 Å². The molecular weight excluding hydrogens is 332 g/mol. The zero-order valence-electron chi connectivity index (χ0n) is 11.6. The van der Waals surface area contributed by atoms with E-state index in [1.54, 1.807) is 0 Å². The fourth-order valence-electron chi connectivity index (χ4n) is 2.53. The SMILES string of the molecule is NS(=O)(=O)CC1CC(=O)N(c2c([N+](=O)[O-])cccc2[N+](=O)[O-])C1. The van der Waals surface area contributed by atoms with Crippen LogP contribution in [-0.2, 0) is 14.8 Å². The standard InChI is InChI=1S/C11H12N4O7S/c12-23(21,22)6-7-4-10(16)13(5-7)11-8(14(17)18)2-1-3-9(11)15(19)20/h1-3,7H,4-6H2,(H2,12,21,22). The van der Waals surface area contributed by atoms with Gasteiger partial charge in [-0.05, 0) is 6.07 Å². The number of hydrogen-bond acceptors (Lipinski definition) is 7. The van der Waals surface area contributed by atoms with E-state index in [9.17, 15) is 33.4 Å². The number of nitrogens with zero attached hydrogens (tertiary/aromatic N) is 3. The van der Waals surface area contributed by atoms with E-state index in [-0.39, 0.29) is 13.0 Å². The monoisotopic (exact) mass is 344 g/mol. The molecule has 12 heteroatoms.